The molecule has 0 saturated carbocycles. The molecule has 1 aliphatic rings. The molecule has 0 aliphatic heterocycles. The second kappa shape index (κ2) is 5.74. The van der Waals surface area contributed by atoms with Crippen molar-refractivity contribution in [2.75, 3.05) is 6.61 Å². The standard InChI is InChI=1S/C16H18O3/c1-3-19-16(18)15-13(9-11(2)10-14(15)17)12-7-5-4-6-8-12/h4-8,10,13,15,17H,2-3,9H2,1H3. The van der Waals surface area contributed by atoms with Crippen molar-refractivity contribution in [2.24, 2.45) is 5.92 Å². The largest absolute Gasteiger partial charge is 0.511 e. The van der Waals surface area contributed by atoms with Crippen molar-refractivity contribution in [1.29, 1.82) is 0 Å². The minimum absolute atomic E-state index is 0.0450. The van der Waals surface area contributed by atoms with Crippen molar-refractivity contribution in [3.05, 3.63) is 59.9 Å². The molecule has 1 aromatic carbocycles. The minimum Gasteiger partial charge on any atom is -0.511 e. The van der Waals surface area contributed by atoms with Crippen LogP contribution in [0.15, 0.2) is 54.3 Å². The fourth-order valence-corrected chi connectivity index (χ4v) is 2.49. The molecule has 100 valence electrons. The summed E-state index contributed by atoms with van der Waals surface area (Å²) in [6.45, 7) is 5.96. The Bertz CT molecular complexity index is 502. The third-order valence-electron chi connectivity index (χ3n) is 3.32. The number of hydrogen-bond acceptors (Lipinski definition) is 3. The molecule has 0 heterocycles. The molecule has 3 nitrogen and oxygen atoms in total. The summed E-state index contributed by atoms with van der Waals surface area (Å²) >= 11 is 0. The van der Waals surface area contributed by atoms with Gasteiger partial charge in [0.05, 0.1) is 6.61 Å². The summed E-state index contributed by atoms with van der Waals surface area (Å²) in [6, 6.07) is 9.70. The van der Waals surface area contributed by atoms with Gasteiger partial charge in [0.2, 0.25) is 0 Å². The molecule has 2 unspecified atom stereocenters. The lowest BCUT2D eigenvalue weighted by Crippen LogP contribution is -2.29. The highest BCUT2D eigenvalue weighted by atomic mass is 16.5. The van der Waals surface area contributed by atoms with Gasteiger partial charge < -0.3 is 9.84 Å². The van der Waals surface area contributed by atoms with Crippen LogP contribution in [0.4, 0.5) is 0 Å². The molecule has 0 bridgehead atoms. The molecule has 2 atom stereocenters. The number of aliphatic hydroxyl groups excluding tert-OH is 1. The van der Waals surface area contributed by atoms with E-state index in [2.05, 4.69) is 6.58 Å². The van der Waals surface area contributed by atoms with Crippen LogP contribution in [0.5, 0.6) is 0 Å². The zero-order valence-corrected chi connectivity index (χ0v) is 11.0. The number of carbonyl (C=O) groups is 1. The zero-order valence-electron chi connectivity index (χ0n) is 11.0. The maximum absolute atomic E-state index is 12.0. The van der Waals surface area contributed by atoms with Gasteiger partial charge in [0, 0.05) is 5.92 Å². The molecule has 0 aromatic heterocycles. The van der Waals surface area contributed by atoms with E-state index < -0.39 is 5.92 Å². The maximum Gasteiger partial charge on any atom is 0.317 e. The van der Waals surface area contributed by atoms with Gasteiger partial charge in [-0.3, -0.25) is 4.79 Å². The number of hydrogen-bond donors (Lipinski definition) is 1. The number of rotatable bonds is 3. The van der Waals surface area contributed by atoms with Crippen LogP contribution in [0.1, 0.15) is 24.8 Å². The van der Waals surface area contributed by atoms with Gasteiger partial charge >= 0.3 is 5.97 Å². The smallest absolute Gasteiger partial charge is 0.317 e. The van der Waals surface area contributed by atoms with Gasteiger partial charge in [0.25, 0.3) is 0 Å². The van der Waals surface area contributed by atoms with Gasteiger partial charge in [0.1, 0.15) is 11.7 Å². The van der Waals surface area contributed by atoms with Crippen LogP contribution in [-0.2, 0) is 9.53 Å². The van der Waals surface area contributed by atoms with Gasteiger partial charge in [-0.1, -0.05) is 42.5 Å². The molecule has 0 fully saturated rings. The summed E-state index contributed by atoms with van der Waals surface area (Å²) in [6.07, 6.45) is 2.22. The normalized spacial score (nSPS) is 22.8. The highest BCUT2D eigenvalue weighted by Crippen LogP contribution is 2.39. The molecule has 1 aliphatic carbocycles. The fourth-order valence-electron chi connectivity index (χ4n) is 2.49. The summed E-state index contributed by atoms with van der Waals surface area (Å²) in [7, 11) is 0. The Kier molecular flexibility index (Phi) is 4.05. The molecule has 0 amide bonds. The molecule has 0 radical (unpaired) electrons. The Labute approximate surface area is 113 Å². The molecular weight excluding hydrogens is 240 g/mol. The summed E-state index contributed by atoms with van der Waals surface area (Å²) in [5.74, 6) is -1.08. The van der Waals surface area contributed by atoms with Gasteiger partial charge in [0.15, 0.2) is 0 Å². The van der Waals surface area contributed by atoms with Crippen LogP contribution in [0.2, 0.25) is 0 Å². The van der Waals surface area contributed by atoms with Gasteiger partial charge in [-0.05, 0) is 25.0 Å². The third-order valence-corrected chi connectivity index (χ3v) is 3.32. The number of carbonyl (C=O) groups excluding carboxylic acids is 1. The highest BCUT2D eigenvalue weighted by Gasteiger charge is 2.37. The molecule has 1 aromatic rings. The Hall–Kier alpha value is -2.03. The van der Waals surface area contributed by atoms with Crippen LogP contribution in [0.3, 0.4) is 0 Å². The Balaban J connectivity index is 2.36. The van der Waals surface area contributed by atoms with Crippen LogP contribution in [0, 0.1) is 5.92 Å². The van der Waals surface area contributed by atoms with E-state index in [1.165, 1.54) is 0 Å². The van der Waals surface area contributed by atoms with E-state index in [4.69, 9.17) is 4.74 Å². The first-order valence-electron chi connectivity index (χ1n) is 6.43. The second-order valence-electron chi connectivity index (χ2n) is 4.68. The van der Waals surface area contributed by atoms with Crippen molar-refractivity contribution in [1.82, 2.24) is 0 Å². The lowest BCUT2D eigenvalue weighted by atomic mass is 9.76. The molecular formula is C16H18O3. The Morgan fingerprint density at radius 1 is 1.42 bits per heavy atom. The molecule has 2 rings (SSSR count). The SMILES string of the molecule is C=C1C=C(O)C(C(=O)OCC)C(c2ccccc2)C1. The predicted octanol–water partition coefficient (Wildman–Crippen LogP) is 3.35. The quantitative estimate of drug-likeness (QED) is 0.846. The maximum atomic E-state index is 12.0. The monoisotopic (exact) mass is 258 g/mol. The first-order chi connectivity index (χ1) is 9.13. The first-order valence-corrected chi connectivity index (χ1v) is 6.43. The van der Waals surface area contributed by atoms with Gasteiger partial charge in [-0.25, -0.2) is 0 Å². The van der Waals surface area contributed by atoms with Gasteiger partial charge in [-0.15, -0.1) is 0 Å². The van der Waals surface area contributed by atoms with E-state index >= 15 is 0 Å². The molecule has 1 N–H and O–H groups in total. The Morgan fingerprint density at radius 2 is 2.11 bits per heavy atom. The summed E-state index contributed by atoms with van der Waals surface area (Å²) < 4.78 is 5.07. The number of aliphatic hydroxyl groups is 1. The van der Waals surface area contributed by atoms with Crippen LogP contribution in [-0.4, -0.2) is 17.7 Å². The summed E-state index contributed by atoms with van der Waals surface area (Å²) in [5.41, 5.74) is 1.84. The average Bonchev–Trinajstić information content (AvgIpc) is 2.39. The Morgan fingerprint density at radius 3 is 2.74 bits per heavy atom. The van der Waals surface area contributed by atoms with Crippen LogP contribution < -0.4 is 0 Å². The summed E-state index contributed by atoms with van der Waals surface area (Å²) in [5, 5.41) is 10.1. The van der Waals surface area contributed by atoms with E-state index in [0.717, 1.165) is 11.1 Å². The van der Waals surface area contributed by atoms with Crippen LogP contribution in [0.25, 0.3) is 0 Å². The van der Waals surface area contributed by atoms with E-state index in [-0.39, 0.29) is 17.6 Å². The molecule has 19 heavy (non-hydrogen) atoms. The van der Waals surface area contributed by atoms with E-state index in [1.54, 1.807) is 13.0 Å². The van der Waals surface area contributed by atoms with E-state index in [1.807, 2.05) is 30.3 Å². The van der Waals surface area contributed by atoms with Gasteiger partial charge in [-0.2, -0.15) is 0 Å². The third kappa shape index (κ3) is 2.87. The second-order valence-corrected chi connectivity index (χ2v) is 4.68. The van der Waals surface area contributed by atoms with Crippen molar-refractivity contribution < 1.29 is 14.6 Å². The number of allylic oxidation sites excluding steroid dienone is 2. The zero-order chi connectivity index (χ0) is 13.8. The first kappa shape index (κ1) is 13.4. The molecule has 0 spiro atoms. The topological polar surface area (TPSA) is 46.5 Å². The number of ether oxygens (including phenoxy) is 1. The van der Waals surface area contributed by atoms with Crippen LogP contribution >= 0.6 is 0 Å². The van der Waals surface area contributed by atoms with E-state index in [0.29, 0.717) is 13.0 Å². The fraction of sp³-hybridized carbons (Fsp3) is 0.312. The number of esters is 1. The minimum atomic E-state index is -0.632. The molecule has 0 saturated heterocycles. The average molecular weight is 258 g/mol. The highest BCUT2D eigenvalue weighted by molar-refractivity contribution is 5.77. The van der Waals surface area contributed by atoms with Crippen molar-refractivity contribution >= 4 is 5.97 Å². The van der Waals surface area contributed by atoms with Crippen molar-refractivity contribution in [3.8, 4) is 0 Å². The predicted molar refractivity (Wildman–Crippen MR) is 73.8 cm³/mol. The lowest BCUT2D eigenvalue weighted by molar-refractivity contribution is -0.148. The van der Waals surface area contributed by atoms with Crippen molar-refractivity contribution in [3.63, 3.8) is 0 Å². The summed E-state index contributed by atoms with van der Waals surface area (Å²) in [4.78, 5) is 12.0. The van der Waals surface area contributed by atoms with E-state index in [9.17, 15) is 9.90 Å². The lowest BCUT2D eigenvalue weighted by Gasteiger charge is -2.29. The molecule has 3 heteroatoms. The number of benzene rings is 1. The van der Waals surface area contributed by atoms with Crippen molar-refractivity contribution in [2.45, 2.75) is 19.3 Å².